The summed E-state index contributed by atoms with van der Waals surface area (Å²) in [6.45, 7) is 0. The van der Waals surface area contributed by atoms with Crippen LogP contribution in [-0.2, 0) is 0 Å². The third kappa shape index (κ3) is 6.82. The normalized spacial score (nSPS) is 11.0. The van der Waals surface area contributed by atoms with E-state index in [1.165, 1.54) is 0 Å². The summed E-state index contributed by atoms with van der Waals surface area (Å²) in [5.74, 6) is 0.690. The lowest BCUT2D eigenvalue weighted by Gasteiger charge is -2.13. The van der Waals surface area contributed by atoms with Gasteiger partial charge in [0, 0.05) is 28.5 Å². The van der Waals surface area contributed by atoms with Gasteiger partial charge in [-0.15, -0.1) is 0 Å². The van der Waals surface area contributed by atoms with Crippen LogP contribution in [0, 0.1) is 0 Å². The van der Waals surface area contributed by atoms with Gasteiger partial charge >= 0.3 is 0 Å². The predicted octanol–water partition coefficient (Wildman–Crippen LogP) is 12.0. The van der Waals surface area contributed by atoms with Crippen LogP contribution in [0.1, 0.15) is 0 Å². The lowest BCUT2D eigenvalue weighted by Crippen LogP contribution is -1.96. The Morgan fingerprint density at radius 3 is 1.48 bits per heavy atom. The third-order valence-electron chi connectivity index (χ3n) is 9.37. The highest BCUT2D eigenvalue weighted by Crippen LogP contribution is 2.36. The van der Waals surface area contributed by atoms with E-state index in [-0.39, 0.29) is 0 Å². The zero-order valence-electron chi connectivity index (χ0n) is 29.3. The van der Waals surface area contributed by atoms with Gasteiger partial charge in [-0.05, 0) is 70.8 Å². The predicted molar refractivity (Wildman–Crippen MR) is 219 cm³/mol. The first-order valence-corrected chi connectivity index (χ1v) is 17.9. The molecular weight excluding hydrogens is 659 g/mol. The Morgan fingerprint density at radius 1 is 0.241 bits per heavy atom. The summed E-state index contributed by atoms with van der Waals surface area (Å²) in [5.41, 5.74) is 14.1. The summed E-state index contributed by atoms with van der Waals surface area (Å²) in [6.07, 6.45) is 1.80. The molecule has 9 rings (SSSR count). The Balaban J connectivity index is 1.12. The Kier molecular flexibility index (Phi) is 8.86. The van der Waals surface area contributed by atoms with Gasteiger partial charge in [0.15, 0.2) is 5.82 Å². The van der Waals surface area contributed by atoms with Crippen LogP contribution >= 0.6 is 0 Å². The van der Waals surface area contributed by atoms with Crippen molar-refractivity contribution >= 4 is 0 Å². The average molecular weight is 692 g/mol. The van der Waals surface area contributed by atoms with Gasteiger partial charge in [0.05, 0.1) is 39.9 Å². The van der Waals surface area contributed by atoms with Gasteiger partial charge in [-0.2, -0.15) is 0 Å². The average Bonchev–Trinajstić information content (AvgIpc) is 3.27. The number of benzene rings is 5. The third-order valence-corrected chi connectivity index (χ3v) is 9.37. The molecular formula is C49H33N5. The van der Waals surface area contributed by atoms with Crippen molar-refractivity contribution in [2.24, 2.45) is 0 Å². The fraction of sp³-hybridized carbons (Fsp3) is 0. The van der Waals surface area contributed by atoms with E-state index < -0.39 is 0 Å². The summed E-state index contributed by atoms with van der Waals surface area (Å²) in [7, 11) is 0. The van der Waals surface area contributed by atoms with E-state index in [0.29, 0.717) is 5.82 Å². The number of hydrogen-bond acceptors (Lipinski definition) is 5. The van der Waals surface area contributed by atoms with Gasteiger partial charge in [-0.3, -0.25) is 4.98 Å². The number of aromatic nitrogens is 5. The van der Waals surface area contributed by atoms with Crippen molar-refractivity contribution < 1.29 is 0 Å². The van der Waals surface area contributed by atoms with E-state index in [2.05, 4.69) is 132 Å². The zero-order valence-corrected chi connectivity index (χ0v) is 29.3. The second kappa shape index (κ2) is 14.7. The highest BCUT2D eigenvalue weighted by Gasteiger charge is 2.15. The maximum atomic E-state index is 5.24. The van der Waals surface area contributed by atoms with Crippen molar-refractivity contribution in [2.45, 2.75) is 0 Å². The molecule has 5 aromatic carbocycles. The first kappa shape index (κ1) is 32.5. The van der Waals surface area contributed by atoms with Crippen LogP contribution in [0.3, 0.4) is 0 Å². The molecule has 254 valence electrons. The molecule has 0 radical (unpaired) electrons. The SMILES string of the molecule is c1ccc(-c2cc(-c3ccccn3)nc(-c3cccc(-c4ccccc4-c4cccc(-c5cc(-c6ccccc6)nc(-c6ccccc6)n5)c4)n3)c2)cc1. The summed E-state index contributed by atoms with van der Waals surface area (Å²) in [5, 5.41) is 0. The molecule has 0 aliphatic rings. The second-order valence-electron chi connectivity index (χ2n) is 12.9. The molecule has 5 heteroatoms. The van der Waals surface area contributed by atoms with E-state index in [9.17, 15) is 0 Å². The standard InChI is InChI=1S/C49H33N5/c1-4-16-34(17-5-1)39-31-47(43-26-12-13-29-50-43)52-48(32-39)44-28-15-27-42(51-44)41-25-11-10-24-40(41)37-22-14-23-38(30-37)46-33-45(35-18-6-2-7-19-35)53-49(54-46)36-20-8-3-9-21-36/h1-33H. The van der Waals surface area contributed by atoms with Gasteiger partial charge < -0.3 is 0 Å². The van der Waals surface area contributed by atoms with E-state index in [1.54, 1.807) is 6.20 Å². The Morgan fingerprint density at radius 2 is 0.759 bits per heavy atom. The first-order chi connectivity index (χ1) is 26.7. The highest BCUT2D eigenvalue weighted by atomic mass is 14.9. The fourth-order valence-corrected chi connectivity index (χ4v) is 6.70. The van der Waals surface area contributed by atoms with Crippen LogP contribution in [0.4, 0.5) is 0 Å². The molecule has 0 spiro atoms. The fourth-order valence-electron chi connectivity index (χ4n) is 6.70. The van der Waals surface area contributed by atoms with E-state index in [0.717, 1.165) is 84.4 Å². The van der Waals surface area contributed by atoms with E-state index in [4.69, 9.17) is 19.9 Å². The number of rotatable bonds is 8. The molecule has 0 amide bonds. The number of pyridine rings is 3. The molecule has 54 heavy (non-hydrogen) atoms. The van der Waals surface area contributed by atoms with Crippen molar-refractivity contribution in [3.05, 3.63) is 200 Å². The quantitative estimate of drug-likeness (QED) is 0.159. The molecule has 9 aromatic rings. The van der Waals surface area contributed by atoms with Crippen LogP contribution in [0.5, 0.6) is 0 Å². The van der Waals surface area contributed by atoms with Crippen molar-refractivity contribution in [1.29, 1.82) is 0 Å². The molecule has 0 bridgehead atoms. The van der Waals surface area contributed by atoms with Gasteiger partial charge in [0.1, 0.15) is 0 Å². The van der Waals surface area contributed by atoms with Crippen molar-refractivity contribution in [1.82, 2.24) is 24.9 Å². The first-order valence-electron chi connectivity index (χ1n) is 17.9. The Hall–Kier alpha value is -7.37. The minimum absolute atomic E-state index is 0.690. The van der Waals surface area contributed by atoms with Gasteiger partial charge in [0.2, 0.25) is 0 Å². The molecule has 4 aromatic heterocycles. The summed E-state index contributed by atoms with van der Waals surface area (Å²) < 4.78 is 0. The number of nitrogens with zero attached hydrogens (tertiary/aromatic N) is 5. The smallest absolute Gasteiger partial charge is 0.160 e. The molecule has 5 nitrogen and oxygen atoms in total. The summed E-state index contributed by atoms with van der Waals surface area (Å²) in [4.78, 5) is 25.0. The van der Waals surface area contributed by atoms with Gasteiger partial charge in [-0.25, -0.2) is 19.9 Å². The van der Waals surface area contributed by atoms with Gasteiger partial charge in [0.25, 0.3) is 0 Å². The molecule has 0 saturated carbocycles. The maximum absolute atomic E-state index is 5.24. The van der Waals surface area contributed by atoms with Crippen LogP contribution in [0.25, 0.3) is 90.2 Å². The molecule has 0 aliphatic heterocycles. The largest absolute Gasteiger partial charge is 0.255 e. The second-order valence-corrected chi connectivity index (χ2v) is 12.9. The van der Waals surface area contributed by atoms with Crippen molar-refractivity contribution in [3.63, 3.8) is 0 Å². The Bertz CT molecular complexity index is 2390. The maximum Gasteiger partial charge on any atom is 0.160 e. The molecule has 0 atom stereocenters. The highest BCUT2D eigenvalue weighted by molar-refractivity contribution is 5.85. The molecule has 0 fully saturated rings. The molecule has 0 aliphatic carbocycles. The topological polar surface area (TPSA) is 64.5 Å². The Labute approximate surface area is 314 Å². The zero-order chi connectivity index (χ0) is 36.1. The van der Waals surface area contributed by atoms with Gasteiger partial charge in [-0.1, -0.05) is 146 Å². The monoisotopic (exact) mass is 691 g/mol. The minimum atomic E-state index is 0.690. The van der Waals surface area contributed by atoms with Crippen LogP contribution in [0.15, 0.2) is 200 Å². The van der Waals surface area contributed by atoms with Crippen LogP contribution in [0.2, 0.25) is 0 Å². The lowest BCUT2D eigenvalue weighted by molar-refractivity contribution is 1.18. The summed E-state index contributed by atoms with van der Waals surface area (Å²) >= 11 is 0. The molecule has 0 N–H and O–H groups in total. The summed E-state index contributed by atoms with van der Waals surface area (Å²) in [6, 6.07) is 66.1. The van der Waals surface area contributed by atoms with Crippen LogP contribution in [-0.4, -0.2) is 24.9 Å². The van der Waals surface area contributed by atoms with E-state index >= 15 is 0 Å². The minimum Gasteiger partial charge on any atom is -0.255 e. The lowest BCUT2D eigenvalue weighted by atomic mass is 9.95. The van der Waals surface area contributed by atoms with E-state index in [1.807, 2.05) is 66.7 Å². The number of hydrogen-bond donors (Lipinski definition) is 0. The molecule has 0 unspecified atom stereocenters. The van der Waals surface area contributed by atoms with Crippen LogP contribution < -0.4 is 0 Å². The molecule has 4 heterocycles. The molecule has 0 saturated heterocycles. The van der Waals surface area contributed by atoms with Crippen molar-refractivity contribution in [2.75, 3.05) is 0 Å². The van der Waals surface area contributed by atoms with Crippen molar-refractivity contribution in [3.8, 4) is 90.2 Å².